The summed E-state index contributed by atoms with van der Waals surface area (Å²) in [5.74, 6) is 2.95. The molecule has 1 aromatic rings. The SMILES string of the molecule is OCCCN1CCCC(c2nnc3n2CCCCC3)C1. The highest BCUT2D eigenvalue weighted by Crippen LogP contribution is 2.27. The van der Waals surface area contributed by atoms with E-state index in [0.29, 0.717) is 12.5 Å². The van der Waals surface area contributed by atoms with E-state index in [1.807, 2.05) is 0 Å². The van der Waals surface area contributed by atoms with E-state index in [9.17, 15) is 0 Å². The average molecular weight is 278 g/mol. The second-order valence-corrected chi connectivity index (χ2v) is 6.15. The van der Waals surface area contributed by atoms with Gasteiger partial charge in [0.2, 0.25) is 0 Å². The van der Waals surface area contributed by atoms with Crippen LogP contribution in [-0.2, 0) is 13.0 Å². The normalized spacial score (nSPS) is 24.4. The lowest BCUT2D eigenvalue weighted by Gasteiger charge is -2.32. The fourth-order valence-corrected chi connectivity index (χ4v) is 3.57. The third kappa shape index (κ3) is 3.04. The van der Waals surface area contributed by atoms with Crippen molar-refractivity contribution in [3.8, 4) is 0 Å². The number of aromatic nitrogens is 3. The Balaban J connectivity index is 1.70. The maximum Gasteiger partial charge on any atom is 0.137 e. The van der Waals surface area contributed by atoms with Gasteiger partial charge in [-0.15, -0.1) is 10.2 Å². The van der Waals surface area contributed by atoms with E-state index in [-0.39, 0.29) is 0 Å². The minimum Gasteiger partial charge on any atom is -0.396 e. The van der Waals surface area contributed by atoms with Crippen LogP contribution in [-0.4, -0.2) is 51.0 Å². The van der Waals surface area contributed by atoms with Crippen molar-refractivity contribution in [1.82, 2.24) is 19.7 Å². The van der Waals surface area contributed by atoms with Crippen LogP contribution in [0.1, 0.15) is 56.1 Å². The molecule has 112 valence electrons. The number of hydrogen-bond acceptors (Lipinski definition) is 4. The summed E-state index contributed by atoms with van der Waals surface area (Å²) in [4.78, 5) is 2.47. The zero-order valence-electron chi connectivity index (χ0n) is 12.3. The Kier molecular flexibility index (Phi) is 4.68. The summed E-state index contributed by atoms with van der Waals surface area (Å²) in [6.07, 6.45) is 8.27. The number of fused-ring (bicyclic) bond motifs is 1. The van der Waals surface area contributed by atoms with Gasteiger partial charge < -0.3 is 14.6 Å². The molecule has 3 rings (SSSR count). The molecule has 3 heterocycles. The third-order valence-electron chi connectivity index (χ3n) is 4.64. The first-order chi connectivity index (χ1) is 9.88. The van der Waals surface area contributed by atoms with Crippen molar-refractivity contribution in [1.29, 1.82) is 0 Å². The molecule has 5 nitrogen and oxygen atoms in total. The van der Waals surface area contributed by atoms with Crippen molar-refractivity contribution in [3.05, 3.63) is 11.6 Å². The van der Waals surface area contributed by atoms with E-state index in [2.05, 4.69) is 19.7 Å². The van der Waals surface area contributed by atoms with Crippen LogP contribution in [0.2, 0.25) is 0 Å². The first-order valence-corrected chi connectivity index (χ1v) is 8.13. The molecule has 2 aliphatic rings. The Labute approximate surface area is 121 Å². The molecule has 1 aromatic heterocycles. The van der Waals surface area contributed by atoms with Gasteiger partial charge in [0.1, 0.15) is 11.6 Å². The number of aryl methyl sites for hydroxylation is 1. The summed E-state index contributed by atoms with van der Waals surface area (Å²) >= 11 is 0. The highest BCUT2D eigenvalue weighted by Gasteiger charge is 2.26. The lowest BCUT2D eigenvalue weighted by molar-refractivity contribution is 0.180. The van der Waals surface area contributed by atoms with Gasteiger partial charge in [-0.05, 0) is 38.6 Å². The molecule has 5 heteroatoms. The summed E-state index contributed by atoms with van der Waals surface area (Å²) in [6, 6.07) is 0. The maximum absolute atomic E-state index is 8.98. The van der Waals surface area contributed by atoms with Crippen molar-refractivity contribution < 1.29 is 5.11 Å². The monoisotopic (exact) mass is 278 g/mol. The minimum atomic E-state index is 0.293. The van der Waals surface area contributed by atoms with Gasteiger partial charge in [-0.2, -0.15) is 0 Å². The number of hydrogen-bond donors (Lipinski definition) is 1. The molecule has 0 amide bonds. The molecule has 0 radical (unpaired) electrons. The van der Waals surface area contributed by atoms with Gasteiger partial charge in [0.15, 0.2) is 0 Å². The highest BCUT2D eigenvalue weighted by molar-refractivity contribution is 5.05. The number of likely N-dealkylation sites (tertiary alicyclic amines) is 1. The molecule has 2 aliphatic heterocycles. The molecule has 1 N–H and O–H groups in total. The number of piperidine rings is 1. The molecule has 20 heavy (non-hydrogen) atoms. The molecule has 0 saturated carbocycles. The van der Waals surface area contributed by atoms with Crippen LogP contribution in [0.3, 0.4) is 0 Å². The zero-order chi connectivity index (χ0) is 13.8. The molecule has 0 spiro atoms. The Morgan fingerprint density at radius 2 is 2.05 bits per heavy atom. The van der Waals surface area contributed by atoms with Crippen molar-refractivity contribution in [2.24, 2.45) is 0 Å². The van der Waals surface area contributed by atoms with Crippen LogP contribution in [0.4, 0.5) is 0 Å². The van der Waals surface area contributed by atoms with Crippen LogP contribution in [0.15, 0.2) is 0 Å². The number of aliphatic hydroxyl groups is 1. The Hall–Kier alpha value is -0.940. The largest absolute Gasteiger partial charge is 0.396 e. The third-order valence-corrected chi connectivity index (χ3v) is 4.64. The van der Waals surface area contributed by atoms with E-state index in [1.165, 1.54) is 43.8 Å². The summed E-state index contributed by atoms with van der Waals surface area (Å²) in [5.41, 5.74) is 0. The second kappa shape index (κ2) is 6.68. The summed E-state index contributed by atoms with van der Waals surface area (Å²) in [5, 5.41) is 17.9. The van der Waals surface area contributed by atoms with Crippen LogP contribution < -0.4 is 0 Å². The van der Waals surface area contributed by atoms with Gasteiger partial charge in [-0.25, -0.2) is 0 Å². The predicted molar refractivity (Wildman–Crippen MR) is 77.7 cm³/mol. The van der Waals surface area contributed by atoms with Gasteiger partial charge in [0, 0.05) is 38.6 Å². The summed E-state index contributed by atoms with van der Waals surface area (Å²) in [7, 11) is 0. The molecule has 0 aliphatic carbocycles. The predicted octanol–water partition coefficient (Wildman–Crippen LogP) is 1.57. The Morgan fingerprint density at radius 3 is 2.95 bits per heavy atom. The van der Waals surface area contributed by atoms with E-state index in [0.717, 1.165) is 39.0 Å². The Morgan fingerprint density at radius 1 is 1.10 bits per heavy atom. The maximum atomic E-state index is 8.98. The quantitative estimate of drug-likeness (QED) is 0.908. The van der Waals surface area contributed by atoms with E-state index in [4.69, 9.17) is 5.11 Å². The zero-order valence-corrected chi connectivity index (χ0v) is 12.3. The Bertz CT molecular complexity index is 432. The van der Waals surface area contributed by atoms with Crippen LogP contribution in [0.25, 0.3) is 0 Å². The van der Waals surface area contributed by atoms with Crippen LogP contribution in [0.5, 0.6) is 0 Å². The van der Waals surface area contributed by atoms with E-state index < -0.39 is 0 Å². The smallest absolute Gasteiger partial charge is 0.137 e. The van der Waals surface area contributed by atoms with Crippen molar-refractivity contribution in [2.45, 2.75) is 57.4 Å². The molecule has 0 aromatic carbocycles. The molecule has 1 atom stereocenters. The molecule has 1 saturated heterocycles. The minimum absolute atomic E-state index is 0.293. The molecule has 1 unspecified atom stereocenters. The number of aliphatic hydroxyl groups excluding tert-OH is 1. The van der Waals surface area contributed by atoms with Gasteiger partial charge in [0.25, 0.3) is 0 Å². The number of rotatable bonds is 4. The second-order valence-electron chi connectivity index (χ2n) is 6.15. The van der Waals surface area contributed by atoms with Gasteiger partial charge in [-0.1, -0.05) is 6.42 Å². The van der Waals surface area contributed by atoms with Crippen molar-refractivity contribution >= 4 is 0 Å². The molecule has 0 bridgehead atoms. The van der Waals surface area contributed by atoms with Gasteiger partial charge in [-0.3, -0.25) is 0 Å². The van der Waals surface area contributed by atoms with Gasteiger partial charge >= 0.3 is 0 Å². The first kappa shape index (κ1) is 14.0. The molecule has 1 fully saturated rings. The van der Waals surface area contributed by atoms with Gasteiger partial charge in [0.05, 0.1) is 0 Å². The topological polar surface area (TPSA) is 54.2 Å². The first-order valence-electron chi connectivity index (χ1n) is 8.13. The van der Waals surface area contributed by atoms with Crippen LogP contribution in [0, 0.1) is 0 Å². The molecular weight excluding hydrogens is 252 g/mol. The van der Waals surface area contributed by atoms with E-state index in [1.54, 1.807) is 0 Å². The highest BCUT2D eigenvalue weighted by atomic mass is 16.3. The fraction of sp³-hybridized carbons (Fsp3) is 0.867. The lowest BCUT2D eigenvalue weighted by Crippen LogP contribution is -2.36. The van der Waals surface area contributed by atoms with Crippen LogP contribution >= 0.6 is 0 Å². The lowest BCUT2D eigenvalue weighted by atomic mass is 9.97. The number of nitrogens with zero attached hydrogens (tertiary/aromatic N) is 4. The van der Waals surface area contributed by atoms with E-state index >= 15 is 0 Å². The molecular formula is C15H26N4O. The van der Waals surface area contributed by atoms with Crippen molar-refractivity contribution in [2.75, 3.05) is 26.2 Å². The fourth-order valence-electron chi connectivity index (χ4n) is 3.57. The summed E-state index contributed by atoms with van der Waals surface area (Å²) < 4.78 is 2.40. The van der Waals surface area contributed by atoms with Crippen molar-refractivity contribution in [3.63, 3.8) is 0 Å². The average Bonchev–Trinajstić information content (AvgIpc) is 2.74. The summed E-state index contributed by atoms with van der Waals surface area (Å²) in [6.45, 7) is 4.65. The standard InChI is InChI=1S/C15H26N4O/c20-11-5-9-18-8-4-6-13(12-18)15-17-16-14-7-2-1-3-10-19(14)15/h13,20H,1-12H2.